The molecule has 0 atom stereocenters. The first-order valence-electron chi connectivity index (χ1n) is 6.02. The molecule has 0 aliphatic carbocycles. The molecule has 3 N–H and O–H groups in total. The number of anilines is 2. The van der Waals surface area contributed by atoms with Crippen molar-refractivity contribution in [2.45, 2.75) is 19.8 Å². The van der Waals surface area contributed by atoms with Gasteiger partial charge in [-0.1, -0.05) is 6.92 Å². The number of nitrogen functional groups attached to an aromatic ring is 1. The van der Waals surface area contributed by atoms with Crippen LogP contribution in [0.5, 0.6) is 0 Å². The second-order valence-electron chi connectivity index (χ2n) is 4.06. The smallest absolute Gasteiger partial charge is 0.134 e. The van der Waals surface area contributed by atoms with Crippen LogP contribution >= 0.6 is 0 Å². The van der Waals surface area contributed by atoms with Gasteiger partial charge in [0, 0.05) is 37.5 Å². The second kappa shape index (κ2) is 5.48. The van der Waals surface area contributed by atoms with Crippen LogP contribution in [0.15, 0.2) is 18.6 Å². The summed E-state index contributed by atoms with van der Waals surface area (Å²) in [6.45, 7) is 2.84. The van der Waals surface area contributed by atoms with E-state index in [-0.39, 0.29) is 0 Å². The van der Waals surface area contributed by atoms with Crippen LogP contribution in [-0.2, 0) is 19.9 Å². The van der Waals surface area contributed by atoms with E-state index in [4.69, 9.17) is 5.73 Å². The van der Waals surface area contributed by atoms with E-state index >= 15 is 0 Å². The zero-order valence-corrected chi connectivity index (χ0v) is 10.7. The van der Waals surface area contributed by atoms with Gasteiger partial charge in [0.2, 0.25) is 0 Å². The molecule has 0 saturated heterocycles. The molecule has 0 bridgehead atoms. The van der Waals surface area contributed by atoms with Gasteiger partial charge in [-0.3, -0.25) is 4.68 Å². The number of rotatable bonds is 5. The highest BCUT2D eigenvalue weighted by Gasteiger charge is 2.06. The third kappa shape index (κ3) is 2.58. The molecule has 2 aromatic rings. The molecule has 0 amide bonds. The van der Waals surface area contributed by atoms with Crippen LogP contribution in [0.1, 0.15) is 18.2 Å². The van der Waals surface area contributed by atoms with Crippen molar-refractivity contribution in [3.8, 4) is 0 Å². The van der Waals surface area contributed by atoms with E-state index in [0.717, 1.165) is 30.8 Å². The Morgan fingerprint density at radius 3 is 2.89 bits per heavy atom. The topological polar surface area (TPSA) is 81.7 Å². The van der Waals surface area contributed by atoms with Crippen molar-refractivity contribution in [2.75, 3.05) is 17.6 Å². The zero-order chi connectivity index (χ0) is 13.0. The number of aromatic nitrogens is 4. The van der Waals surface area contributed by atoms with Crippen molar-refractivity contribution in [1.82, 2.24) is 19.7 Å². The summed E-state index contributed by atoms with van der Waals surface area (Å²) in [6, 6.07) is 2.01. The molecule has 6 nitrogen and oxygen atoms in total. The number of nitrogens with one attached hydrogen (secondary N) is 1. The summed E-state index contributed by atoms with van der Waals surface area (Å²) in [6.07, 6.45) is 5.00. The van der Waals surface area contributed by atoms with E-state index in [1.807, 2.05) is 24.7 Å². The summed E-state index contributed by atoms with van der Waals surface area (Å²) in [5.41, 5.74) is 7.97. The number of aryl methyl sites for hydroxylation is 1. The van der Waals surface area contributed by atoms with Crippen LogP contribution in [0.2, 0.25) is 0 Å². The van der Waals surface area contributed by atoms with Crippen molar-refractivity contribution in [3.05, 3.63) is 29.8 Å². The fourth-order valence-corrected chi connectivity index (χ4v) is 1.88. The van der Waals surface area contributed by atoms with E-state index in [1.54, 1.807) is 6.20 Å². The van der Waals surface area contributed by atoms with Crippen molar-refractivity contribution in [2.24, 2.45) is 7.05 Å². The normalized spacial score (nSPS) is 10.6. The van der Waals surface area contributed by atoms with Crippen molar-refractivity contribution < 1.29 is 0 Å². The summed E-state index contributed by atoms with van der Waals surface area (Å²) in [4.78, 5) is 8.22. The molecule has 0 saturated carbocycles. The molecule has 6 heteroatoms. The van der Waals surface area contributed by atoms with Crippen LogP contribution in [0.4, 0.5) is 11.6 Å². The molecule has 2 heterocycles. The lowest BCUT2D eigenvalue weighted by Crippen LogP contribution is -2.12. The van der Waals surface area contributed by atoms with E-state index in [9.17, 15) is 0 Å². The molecule has 0 aliphatic rings. The first-order valence-corrected chi connectivity index (χ1v) is 6.02. The van der Waals surface area contributed by atoms with Gasteiger partial charge in [-0.15, -0.1) is 0 Å². The Bertz CT molecular complexity index is 519. The monoisotopic (exact) mass is 246 g/mol. The summed E-state index contributed by atoms with van der Waals surface area (Å²) >= 11 is 0. The van der Waals surface area contributed by atoms with Crippen molar-refractivity contribution in [3.63, 3.8) is 0 Å². The predicted molar refractivity (Wildman–Crippen MR) is 71.2 cm³/mol. The van der Waals surface area contributed by atoms with E-state index in [1.165, 1.54) is 12.0 Å². The molecule has 2 aromatic heterocycles. The van der Waals surface area contributed by atoms with Crippen LogP contribution in [0.3, 0.4) is 0 Å². The highest BCUT2D eigenvalue weighted by atomic mass is 15.3. The Labute approximate surface area is 106 Å². The Kier molecular flexibility index (Phi) is 3.76. The first kappa shape index (κ1) is 12.3. The second-order valence-corrected chi connectivity index (χ2v) is 4.06. The Hall–Kier alpha value is -2.11. The third-order valence-corrected chi connectivity index (χ3v) is 2.93. The fourth-order valence-electron chi connectivity index (χ4n) is 1.88. The summed E-state index contributed by atoms with van der Waals surface area (Å²) in [5.74, 6) is 1.38. The maximum atomic E-state index is 5.82. The highest BCUT2D eigenvalue weighted by Crippen LogP contribution is 2.17. The minimum Gasteiger partial charge on any atom is -0.383 e. The maximum Gasteiger partial charge on any atom is 0.134 e. The first-order chi connectivity index (χ1) is 8.72. The largest absolute Gasteiger partial charge is 0.383 e. The average molecular weight is 246 g/mol. The molecular weight excluding hydrogens is 228 g/mol. The summed E-state index contributed by atoms with van der Waals surface area (Å²) in [5, 5.41) is 7.43. The summed E-state index contributed by atoms with van der Waals surface area (Å²) in [7, 11) is 1.94. The maximum absolute atomic E-state index is 5.82. The van der Waals surface area contributed by atoms with Crippen LogP contribution < -0.4 is 11.1 Å². The minimum atomic E-state index is 0.551. The third-order valence-electron chi connectivity index (χ3n) is 2.93. The van der Waals surface area contributed by atoms with Crippen LogP contribution in [0, 0.1) is 0 Å². The number of hydrogen-bond acceptors (Lipinski definition) is 5. The number of nitrogens with zero attached hydrogens (tertiary/aromatic N) is 4. The minimum absolute atomic E-state index is 0.551. The van der Waals surface area contributed by atoms with E-state index < -0.39 is 0 Å². The fraction of sp³-hybridized carbons (Fsp3) is 0.417. The lowest BCUT2D eigenvalue weighted by Gasteiger charge is -2.10. The molecule has 0 radical (unpaired) electrons. The molecule has 96 valence electrons. The van der Waals surface area contributed by atoms with Gasteiger partial charge >= 0.3 is 0 Å². The zero-order valence-electron chi connectivity index (χ0n) is 10.7. The Morgan fingerprint density at radius 2 is 2.22 bits per heavy atom. The molecule has 0 unspecified atom stereocenters. The van der Waals surface area contributed by atoms with Gasteiger partial charge in [0.05, 0.1) is 0 Å². The Morgan fingerprint density at radius 1 is 1.39 bits per heavy atom. The van der Waals surface area contributed by atoms with E-state index in [2.05, 4.69) is 20.4 Å². The van der Waals surface area contributed by atoms with Gasteiger partial charge in [-0.25, -0.2) is 9.97 Å². The van der Waals surface area contributed by atoms with Crippen LogP contribution in [-0.4, -0.2) is 26.3 Å². The SMILES string of the molecule is CCc1c(N)ncnc1NCCc1ccnn1C. The van der Waals surface area contributed by atoms with Crippen molar-refractivity contribution >= 4 is 11.6 Å². The number of nitrogens with two attached hydrogens (primary N) is 1. The quantitative estimate of drug-likeness (QED) is 0.822. The van der Waals surface area contributed by atoms with E-state index in [0.29, 0.717) is 5.82 Å². The van der Waals surface area contributed by atoms with Crippen molar-refractivity contribution in [1.29, 1.82) is 0 Å². The molecular formula is C12H18N6. The highest BCUT2D eigenvalue weighted by molar-refractivity contribution is 5.54. The van der Waals surface area contributed by atoms with Gasteiger partial charge in [0.15, 0.2) is 0 Å². The predicted octanol–water partition coefficient (Wildman–Crippen LogP) is 1.01. The van der Waals surface area contributed by atoms with Gasteiger partial charge in [-0.05, 0) is 12.5 Å². The number of hydrogen-bond donors (Lipinski definition) is 2. The van der Waals surface area contributed by atoms with Gasteiger partial charge < -0.3 is 11.1 Å². The lowest BCUT2D eigenvalue weighted by molar-refractivity contribution is 0.710. The molecule has 18 heavy (non-hydrogen) atoms. The molecule has 0 spiro atoms. The van der Waals surface area contributed by atoms with Gasteiger partial charge in [0.25, 0.3) is 0 Å². The average Bonchev–Trinajstić information content (AvgIpc) is 2.75. The van der Waals surface area contributed by atoms with Gasteiger partial charge in [-0.2, -0.15) is 5.10 Å². The Balaban J connectivity index is 1.98. The lowest BCUT2D eigenvalue weighted by atomic mass is 10.2. The van der Waals surface area contributed by atoms with Crippen LogP contribution in [0.25, 0.3) is 0 Å². The summed E-state index contributed by atoms with van der Waals surface area (Å²) < 4.78 is 1.87. The standard InChI is InChI=1S/C12H18N6/c1-3-10-11(13)15-8-16-12(10)14-6-4-9-5-7-17-18(9)2/h5,7-8H,3-4,6H2,1-2H3,(H3,13,14,15,16). The molecule has 0 fully saturated rings. The molecule has 0 aromatic carbocycles. The van der Waals surface area contributed by atoms with Gasteiger partial charge in [0.1, 0.15) is 18.0 Å². The molecule has 2 rings (SSSR count). The molecule has 0 aliphatic heterocycles.